The van der Waals surface area contributed by atoms with Crippen LogP contribution in [0.4, 0.5) is 0 Å². The second-order valence-electron chi connectivity index (χ2n) is 7.34. The molecule has 0 atom stereocenters. The summed E-state index contributed by atoms with van der Waals surface area (Å²) in [5, 5.41) is 0. The molecule has 0 fully saturated rings. The number of halogens is 1. The van der Waals surface area contributed by atoms with Crippen LogP contribution >= 0.6 is 11.6 Å². The molecule has 0 N–H and O–H groups in total. The molecule has 0 nitrogen and oxygen atoms in total. The molecule has 1 aliphatic rings. The Morgan fingerprint density at radius 1 is 0.694 bits per heavy atom. The SMILES string of the molecule is C=C.CCl.C[CH-]C.[Zr+4].c1cc[cH-]c1.c1cc[cH-]c1.c1ccc2c(c1)Cc1c-2cccc1-[c-]1cccc1. The van der Waals surface area contributed by atoms with Crippen LogP contribution in [0.15, 0.2) is 141 Å². The first-order valence-corrected chi connectivity index (χ1v) is 12.5. The van der Waals surface area contributed by atoms with Crippen molar-refractivity contribution in [2.75, 3.05) is 6.38 Å². The van der Waals surface area contributed by atoms with E-state index in [1.807, 2.05) is 80.9 Å². The van der Waals surface area contributed by atoms with Crippen LogP contribution in [0.2, 0.25) is 0 Å². The Morgan fingerprint density at radius 2 is 1.17 bits per heavy atom. The quantitative estimate of drug-likeness (QED) is 0.105. The number of benzene rings is 2. The molecule has 2 heteroatoms. The first-order chi connectivity index (χ1) is 17.3. The Labute approximate surface area is 243 Å². The molecule has 0 aliphatic heterocycles. The van der Waals surface area contributed by atoms with Crippen molar-refractivity contribution in [3.63, 3.8) is 0 Å². The van der Waals surface area contributed by atoms with E-state index in [9.17, 15) is 0 Å². The van der Waals surface area contributed by atoms with Gasteiger partial charge in [0.15, 0.2) is 0 Å². The maximum absolute atomic E-state index is 4.64. The van der Waals surface area contributed by atoms with Gasteiger partial charge >= 0.3 is 26.2 Å². The molecule has 5 aromatic carbocycles. The van der Waals surface area contributed by atoms with E-state index in [0.717, 1.165) is 6.42 Å². The fourth-order valence-corrected chi connectivity index (χ4v) is 3.62. The van der Waals surface area contributed by atoms with E-state index in [1.54, 1.807) is 0 Å². The van der Waals surface area contributed by atoms with Gasteiger partial charge in [0.2, 0.25) is 0 Å². The average molecular weight is 572 g/mol. The van der Waals surface area contributed by atoms with Crippen LogP contribution in [-0.4, -0.2) is 6.38 Å². The van der Waals surface area contributed by atoms with E-state index in [2.05, 4.69) is 91.5 Å². The van der Waals surface area contributed by atoms with Crippen molar-refractivity contribution in [3.8, 4) is 22.3 Å². The molecule has 0 heterocycles. The number of rotatable bonds is 1. The summed E-state index contributed by atoms with van der Waals surface area (Å²) in [7, 11) is 0. The Morgan fingerprint density at radius 3 is 1.64 bits per heavy atom. The molecular formula is C34H37ClZr. The van der Waals surface area contributed by atoms with Crippen LogP contribution in [0.1, 0.15) is 25.0 Å². The molecule has 0 bridgehead atoms. The van der Waals surface area contributed by atoms with Crippen LogP contribution in [0.3, 0.4) is 0 Å². The molecule has 184 valence electrons. The van der Waals surface area contributed by atoms with Gasteiger partial charge < -0.3 is 6.42 Å². The van der Waals surface area contributed by atoms with Gasteiger partial charge in [-0.15, -0.1) is 48.5 Å². The molecule has 0 spiro atoms. The van der Waals surface area contributed by atoms with Crippen molar-refractivity contribution < 1.29 is 26.2 Å². The van der Waals surface area contributed by atoms with E-state index in [0.29, 0.717) is 0 Å². The van der Waals surface area contributed by atoms with Gasteiger partial charge in [0, 0.05) is 6.38 Å². The first-order valence-electron chi connectivity index (χ1n) is 11.7. The third-order valence-corrected chi connectivity index (χ3v) is 4.94. The van der Waals surface area contributed by atoms with Crippen molar-refractivity contribution >= 4 is 11.6 Å². The fraction of sp³-hybridized carbons (Fsp3) is 0.118. The van der Waals surface area contributed by atoms with Crippen LogP contribution in [0.25, 0.3) is 22.3 Å². The summed E-state index contributed by atoms with van der Waals surface area (Å²) in [5.74, 6) is 0. The van der Waals surface area contributed by atoms with Gasteiger partial charge in [0.25, 0.3) is 0 Å². The van der Waals surface area contributed by atoms with Gasteiger partial charge in [-0.1, -0.05) is 47.5 Å². The molecule has 0 saturated heterocycles. The summed E-state index contributed by atoms with van der Waals surface area (Å²) >= 11 is 4.64. The number of hydrogen-bond acceptors (Lipinski definition) is 0. The average Bonchev–Trinajstić information content (AvgIpc) is 3.76. The standard InChI is InChI=1S/C18H13.2C5H5.C3H7.C2H4.CH3Cl.Zr/c1-2-7-13(6-1)15-10-5-11-17-16-9-4-3-8-14(16)12-18(15)17;2*1-2-4-5-3-1;1-3-2;2*1-2;/h1-11H,12H2;2*1-5H;3H,1-2H3;1-2H2;1H3;/q4*-1;;;+4. The van der Waals surface area contributed by atoms with Crippen molar-refractivity contribution in [3.05, 3.63) is 158 Å². The zero-order valence-electron chi connectivity index (χ0n) is 21.7. The topological polar surface area (TPSA) is 0 Å². The summed E-state index contributed by atoms with van der Waals surface area (Å²) in [5.41, 5.74) is 8.45. The smallest absolute Gasteiger partial charge is 0.335 e. The maximum Gasteiger partial charge on any atom is 4.00 e. The predicted molar refractivity (Wildman–Crippen MR) is 158 cm³/mol. The minimum absolute atomic E-state index is 0. The Hall–Kier alpha value is -2.60. The second-order valence-corrected chi connectivity index (χ2v) is 7.34. The summed E-state index contributed by atoms with van der Waals surface area (Å²) in [6.45, 7) is 10.0. The van der Waals surface area contributed by atoms with Gasteiger partial charge in [-0.25, -0.2) is 24.3 Å². The first kappa shape index (κ1) is 33.4. The zero-order valence-corrected chi connectivity index (χ0v) is 24.9. The van der Waals surface area contributed by atoms with Gasteiger partial charge in [-0.2, -0.15) is 62.4 Å². The van der Waals surface area contributed by atoms with Crippen molar-refractivity contribution in [2.24, 2.45) is 0 Å². The minimum Gasteiger partial charge on any atom is -0.335 e. The van der Waals surface area contributed by atoms with Crippen LogP contribution in [-0.2, 0) is 32.6 Å². The fourth-order valence-electron chi connectivity index (χ4n) is 3.62. The van der Waals surface area contributed by atoms with E-state index >= 15 is 0 Å². The monoisotopic (exact) mass is 570 g/mol. The van der Waals surface area contributed by atoms with Crippen molar-refractivity contribution in [1.82, 2.24) is 0 Å². The molecule has 0 saturated carbocycles. The van der Waals surface area contributed by atoms with Crippen LogP contribution in [0, 0.1) is 6.42 Å². The molecule has 1 aliphatic carbocycles. The van der Waals surface area contributed by atoms with Crippen LogP contribution < -0.4 is 0 Å². The van der Waals surface area contributed by atoms with E-state index in [-0.39, 0.29) is 26.2 Å². The molecule has 0 amide bonds. The summed E-state index contributed by atoms with van der Waals surface area (Å²) < 4.78 is 0. The summed E-state index contributed by atoms with van der Waals surface area (Å²) in [6, 6.07) is 44.0. The van der Waals surface area contributed by atoms with Crippen molar-refractivity contribution in [2.45, 2.75) is 20.3 Å². The Balaban J connectivity index is 0.000000563. The Kier molecular flexibility index (Phi) is 20.1. The van der Waals surface area contributed by atoms with E-state index in [4.69, 9.17) is 0 Å². The minimum atomic E-state index is 0. The summed E-state index contributed by atoms with van der Waals surface area (Å²) in [6.07, 6.45) is 4.53. The molecule has 36 heavy (non-hydrogen) atoms. The van der Waals surface area contributed by atoms with Gasteiger partial charge in [0.1, 0.15) is 0 Å². The summed E-state index contributed by atoms with van der Waals surface area (Å²) in [4.78, 5) is 0. The van der Waals surface area contributed by atoms with Crippen LogP contribution in [0.5, 0.6) is 0 Å². The second kappa shape index (κ2) is 21.7. The van der Waals surface area contributed by atoms with E-state index in [1.165, 1.54) is 39.8 Å². The number of alkyl halides is 1. The number of fused-ring (bicyclic) bond motifs is 3. The molecular weight excluding hydrogens is 535 g/mol. The van der Waals surface area contributed by atoms with Gasteiger partial charge in [-0.3, -0.25) is 0 Å². The molecule has 0 radical (unpaired) electrons. The predicted octanol–water partition coefficient (Wildman–Crippen LogP) is 10.3. The van der Waals surface area contributed by atoms with Gasteiger partial charge in [0.05, 0.1) is 0 Å². The van der Waals surface area contributed by atoms with Gasteiger partial charge in [-0.05, 0) is 23.1 Å². The van der Waals surface area contributed by atoms with E-state index < -0.39 is 0 Å². The molecule has 0 unspecified atom stereocenters. The maximum atomic E-state index is 4.64. The normalized spacial score (nSPS) is 9.11. The van der Waals surface area contributed by atoms with Crippen molar-refractivity contribution in [1.29, 1.82) is 0 Å². The Bertz CT molecular complexity index is 1040. The largest absolute Gasteiger partial charge is 4.00 e. The third kappa shape index (κ3) is 11.0. The molecule has 0 aromatic heterocycles. The molecule has 6 rings (SSSR count). The number of hydrogen-bond donors (Lipinski definition) is 0. The molecule has 5 aromatic rings. The third-order valence-electron chi connectivity index (χ3n) is 4.94. The zero-order chi connectivity index (χ0) is 25.7.